The number of hydrogen-bond donors (Lipinski definition) is 2. The van der Waals surface area contributed by atoms with Gasteiger partial charge < -0.3 is 19.3 Å². The second kappa shape index (κ2) is 11.7. The van der Waals surface area contributed by atoms with Gasteiger partial charge in [-0.05, 0) is 45.7 Å². The molecule has 5 rings (SSSR count). The zero-order valence-corrected chi connectivity index (χ0v) is 24.4. The van der Waals surface area contributed by atoms with Crippen LogP contribution in [0.5, 0.6) is 0 Å². The Labute approximate surface area is 242 Å². The number of ether oxygens (including phenoxy) is 2. The molecule has 3 saturated heterocycles. The Bertz CT molecular complexity index is 1280. The van der Waals surface area contributed by atoms with Crippen molar-refractivity contribution in [2.75, 3.05) is 39.4 Å². The summed E-state index contributed by atoms with van der Waals surface area (Å²) in [6.45, 7) is 7.78. The Balaban J connectivity index is 1.21. The molecule has 4 amide bonds. The summed E-state index contributed by atoms with van der Waals surface area (Å²) in [5, 5.41) is 0. The second-order valence-electron chi connectivity index (χ2n) is 12.0. The van der Waals surface area contributed by atoms with E-state index in [-0.39, 0.29) is 32.0 Å². The van der Waals surface area contributed by atoms with Gasteiger partial charge in [-0.3, -0.25) is 35.2 Å². The van der Waals surface area contributed by atoms with Crippen molar-refractivity contribution < 1.29 is 28.7 Å². The highest BCUT2D eigenvalue weighted by Gasteiger charge is 2.59. The van der Waals surface area contributed by atoms with Crippen molar-refractivity contribution in [3.05, 3.63) is 46.2 Å². The third kappa shape index (κ3) is 6.67. The van der Waals surface area contributed by atoms with Crippen molar-refractivity contribution in [2.24, 2.45) is 11.3 Å². The van der Waals surface area contributed by atoms with Crippen LogP contribution in [-0.4, -0.2) is 88.6 Å². The first-order chi connectivity index (χ1) is 19.5. The number of amides is 4. The summed E-state index contributed by atoms with van der Waals surface area (Å²) in [5.74, 6) is -1.34. The Morgan fingerprint density at radius 2 is 1.83 bits per heavy atom. The van der Waals surface area contributed by atoms with E-state index in [4.69, 9.17) is 9.47 Å². The molecule has 1 spiro atoms. The first-order valence-electron chi connectivity index (χ1n) is 13.8. The summed E-state index contributed by atoms with van der Waals surface area (Å²) in [5.41, 5.74) is 6.92. The van der Waals surface area contributed by atoms with E-state index in [2.05, 4.69) is 20.8 Å². The van der Waals surface area contributed by atoms with Crippen LogP contribution in [0.1, 0.15) is 60.6 Å². The lowest BCUT2D eigenvalue weighted by molar-refractivity contribution is -0.136. The fourth-order valence-electron chi connectivity index (χ4n) is 5.70. The highest BCUT2D eigenvalue weighted by Crippen LogP contribution is 2.45. The van der Waals surface area contributed by atoms with Gasteiger partial charge in [-0.25, -0.2) is 4.79 Å². The molecule has 2 N–H and O–H groups in total. The molecule has 2 aromatic heterocycles. The van der Waals surface area contributed by atoms with Crippen LogP contribution >= 0.6 is 11.3 Å². The van der Waals surface area contributed by atoms with Crippen molar-refractivity contribution in [2.45, 2.75) is 51.6 Å². The molecular weight excluding hydrogens is 548 g/mol. The number of hydrogen-bond acceptors (Lipinski definition) is 9. The van der Waals surface area contributed by atoms with E-state index >= 15 is 0 Å². The number of aromatic nitrogens is 2. The molecule has 220 valence electrons. The molecule has 3 aliphatic heterocycles. The number of nitrogens with zero attached hydrogens (tertiary/aromatic N) is 4. The topological polar surface area (TPSA) is 143 Å². The molecule has 2 aromatic rings. The van der Waals surface area contributed by atoms with Crippen LogP contribution in [0, 0.1) is 11.3 Å². The van der Waals surface area contributed by atoms with E-state index in [0.29, 0.717) is 36.2 Å². The number of likely N-dealkylation sites (tertiary alicyclic amines) is 2. The molecular formula is C28H36N6O6S. The molecule has 5 heterocycles. The summed E-state index contributed by atoms with van der Waals surface area (Å²) in [6, 6.07) is 5.65. The van der Waals surface area contributed by atoms with Crippen LogP contribution < -0.4 is 10.9 Å². The summed E-state index contributed by atoms with van der Waals surface area (Å²) < 4.78 is 10.9. The van der Waals surface area contributed by atoms with E-state index in [9.17, 15) is 19.2 Å². The average molecular weight is 585 g/mol. The number of rotatable bonds is 5. The minimum atomic E-state index is -0.649. The number of carbonyl (C=O) groups excluding carboxylic acids is 4. The number of nitrogens with one attached hydrogen (secondary N) is 2. The van der Waals surface area contributed by atoms with Crippen molar-refractivity contribution in [3.8, 4) is 0 Å². The SMILES string of the molecule is CC(C)(C)OC(=O)N1CC2(C1)CN(C(=O)c1cncs1)CC2C(=O)NNC(=O)Cc1cccc(C2CCOCC2)n1. The van der Waals surface area contributed by atoms with Gasteiger partial charge in [0.15, 0.2) is 0 Å². The maximum Gasteiger partial charge on any atom is 0.410 e. The van der Waals surface area contributed by atoms with Gasteiger partial charge in [-0.15, -0.1) is 11.3 Å². The molecule has 12 nitrogen and oxygen atoms in total. The number of hydrazine groups is 1. The van der Waals surface area contributed by atoms with Crippen LogP contribution in [0.3, 0.4) is 0 Å². The number of thiazole rings is 1. The van der Waals surface area contributed by atoms with Crippen LogP contribution in [0.15, 0.2) is 29.9 Å². The maximum atomic E-state index is 13.4. The zero-order valence-electron chi connectivity index (χ0n) is 23.6. The Kier molecular flexibility index (Phi) is 8.28. The van der Waals surface area contributed by atoms with Gasteiger partial charge in [-0.1, -0.05) is 6.07 Å². The molecule has 1 atom stereocenters. The lowest BCUT2D eigenvalue weighted by atomic mass is 9.71. The molecule has 0 radical (unpaired) electrons. The van der Waals surface area contributed by atoms with E-state index in [0.717, 1.165) is 18.5 Å². The maximum absolute atomic E-state index is 13.4. The fourth-order valence-corrected chi connectivity index (χ4v) is 6.28. The summed E-state index contributed by atoms with van der Waals surface area (Å²) in [6.07, 6.45) is 2.85. The minimum Gasteiger partial charge on any atom is -0.444 e. The first kappa shape index (κ1) is 28.9. The highest BCUT2D eigenvalue weighted by molar-refractivity contribution is 7.11. The lowest BCUT2D eigenvalue weighted by Gasteiger charge is -2.49. The quantitative estimate of drug-likeness (QED) is 0.509. The van der Waals surface area contributed by atoms with E-state index in [1.807, 2.05) is 12.1 Å². The minimum absolute atomic E-state index is 0.00948. The molecule has 0 aromatic carbocycles. The third-order valence-electron chi connectivity index (χ3n) is 7.69. The van der Waals surface area contributed by atoms with Crippen LogP contribution in [0.4, 0.5) is 4.79 Å². The van der Waals surface area contributed by atoms with Gasteiger partial charge in [0, 0.05) is 56.4 Å². The van der Waals surface area contributed by atoms with E-state index in [1.54, 1.807) is 42.1 Å². The standard InChI is InChI=1S/C28H36N6O6S/c1-27(2,3)40-26(38)34-15-28(16-34)14-33(25(37)22-12-29-17-41-22)13-20(28)24(36)32-31-23(35)11-19-5-4-6-21(30-19)18-7-9-39-10-8-18/h4-6,12,17-18,20H,7-11,13-16H2,1-3H3,(H,31,35)(H,32,36). The zero-order chi connectivity index (χ0) is 29.2. The normalized spacial score (nSPS) is 20.4. The molecule has 41 heavy (non-hydrogen) atoms. The molecule has 13 heteroatoms. The van der Waals surface area contributed by atoms with Crippen LogP contribution in [0.25, 0.3) is 0 Å². The van der Waals surface area contributed by atoms with E-state index < -0.39 is 34.8 Å². The third-order valence-corrected chi connectivity index (χ3v) is 8.45. The van der Waals surface area contributed by atoms with E-state index in [1.165, 1.54) is 17.5 Å². The van der Waals surface area contributed by atoms with Gasteiger partial charge in [-0.2, -0.15) is 0 Å². The van der Waals surface area contributed by atoms with Crippen LogP contribution in [-0.2, 0) is 25.5 Å². The Morgan fingerprint density at radius 1 is 1.10 bits per heavy atom. The van der Waals surface area contributed by atoms with Gasteiger partial charge in [0.05, 0.1) is 29.7 Å². The number of pyridine rings is 1. The van der Waals surface area contributed by atoms with Crippen molar-refractivity contribution >= 4 is 35.2 Å². The van der Waals surface area contributed by atoms with Crippen molar-refractivity contribution in [1.29, 1.82) is 0 Å². The van der Waals surface area contributed by atoms with Crippen molar-refractivity contribution in [3.63, 3.8) is 0 Å². The predicted molar refractivity (Wildman–Crippen MR) is 149 cm³/mol. The van der Waals surface area contributed by atoms with Crippen LogP contribution in [0.2, 0.25) is 0 Å². The smallest absolute Gasteiger partial charge is 0.410 e. The summed E-state index contributed by atoms with van der Waals surface area (Å²) >= 11 is 1.23. The first-order valence-corrected chi connectivity index (χ1v) is 14.7. The second-order valence-corrected chi connectivity index (χ2v) is 12.8. The Morgan fingerprint density at radius 3 is 2.51 bits per heavy atom. The summed E-state index contributed by atoms with van der Waals surface area (Å²) in [7, 11) is 0. The molecule has 3 fully saturated rings. The average Bonchev–Trinajstić information content (AvgIpc) is 3.59. The fraction of sp³-hybridized carbons (Fsp3) is 0.571. The summed E-state index contributed by atoms with van der Waals surface area (Å²) in [4.78, 5) is 64.1. The largest absolute Gasteiger partial charge is 0.444 e. The molecule has 3 aliphatic rings. The highest BCUT2D eigenvalue weighted by atomic mass is 32.1. The molecule has 0 aliphatic carbocycles. The lowest BCUT2D eigenvalue weighted by Crippen LogP contribution is -2.65. The monoisotopic (exact) mass is 584 g/mol. The molecule has 0 saturated carbocycles. The number of carbonyl (C=O) groups is 4. The van der Waals surface area contributed by atoms with Gasteiger partial charge >= 0.3 is 6.09 Å². The Hall–Kier alpha value is -3.58. The predicted octanol–water partition coefficient (Wildman–Crippen LogP) is 2.13. The van der Waals surface area contributed by atoms with Gasteiger partial charge in [0.25, 0.3) is 5.91 Å². The van der Waals surface area contributed by atoms with Crippen molar-refractivity contribution in [1.82, 2.24) is 30.6 Å². The van der Waals surface area contributed by atoms with Gasteiger partial charge in [0.2, 0.25) is 11.8 Å². The molecule has 1 unspecified atom stereocenters. The van der Waals surface area contributed by atoms with Gasteiger partial charge in [0.1, 0.15) is 10.5 Å². The molecule has 0 bridgehead atoms.